The molecule has 22 heavy (non-hydrogen) atoms. The molecule has 1 aliphatic carbocycles. The molecule has 5 heteroatoms. The van der Waals surface area contributed by atoms with Crippen LogP contribution in [0.15, 0.2) is 48.5 Å². The van der Waals surface area contributed by atoms with E-state index in [1.165, 1.54) is 0 Å². The number of rotatable bonds is 4. The van der Waals surface area contributed by atoms with Crippen LogP contribution in [0.3, 0.4) is 0 Å². The Morgan fingerprint density at radius 1 is 0.955 bits per heavy atom. The fraction of sp³-hybridized carbons (Fsp3) is 0.176. The highest BCUT2D eigenvalue weighted by atomic mass is 35.5. The fourth-order valence-electron chi connectivity index (χ4n) is 2.16. The predicted octanol–water partition coefficient (Wildman–Crippen LogP) is 4.58. The van der Waals surface area contributed by atoms with E-state index >= 15 is 0 Å². The first-order valence-electron chi connectivity index (χ1n) is 7.10. The standard InChI is InChI=1S/C17H15ClN2O2/c18-13-2-1-3-15(10-13)20-17(22)19-14-8-6-12(7-9-14)16(21)11-4-5-11/h1-3,6-11H,4-5H2,(H2,19,20,22). The average molecular weight is 315 g/mol. The van der Waals surface area contributed by atoms with Crippen LogP contribution in [-0.4, -0.2) is 11.8 Å². The zero-order chi connectivity index (χ0) is 15.5. The van der Waals surface area contributed by atoms with Gasteiger partial charge < -0.3 is 10.6 Å². The van der Waals surface area contributed by atoms with E-state index in [4.69, 9.17) is 11.6 Å². The Bertz CT molecular complexity index is 709. The molecule has 0 aliphatic heterocycles. The van der Waals surface area contributed by atoms with Crippen molar-refractivity contribution in [1.29, 1.82) is 0 Å². The summed E-state index contributed by atoms with van der Waals surface area (Å²) in [7, 11) is 0. The third-order valence-electron chi connectivity index (χ3n) is 3.46. The van der Waals surface area contributed by atoms with E-state index in [0.717, 1.165) is 12.8 Å². The number of hydrogen-bond donors (Lipinski definition) is 2. The smallest absolute Gasteiger partial charge is 0.308 e. The van der Waals surface area contributed by atoms with Crippen molar-refractivity contribution in [3.8, 4) is 0 Å². The normalized spacial score (nSPS) is 13.5. The molecule has 0 saturated heterocycles. The molecule has 0 atom stereocenters. The summed E-state index contributed by atoms with van der Waals surface area (Å²) in [6, 6.07) is 13.5. The summed E-state index contributed by atoms with van der Waals surface area (Å²) in [6.45, 7) is 0. The molecule has 3 rings (SSSR count). The minimum Gasteiger partial charge on any atom is -0.308 e. The van der Waals surface area contributed by atoms with E-state index in [1.54, 1.807) is 48.5 Å². The highest BCUT2D eigenvalue weighted by molar-refractivity contribution is 6.30. The molecule has 1 aliphatic rings. The van der Waals surface area contributed by atoms with Gasteiger partial charge in [0.05, 0.1) is 0 Å². The quantitative estimate of drug-likeness (QED) is 0.812. The zero-order valence-corrected chi connectivity index (χ0v) is 12.6. The number of halogens is 1. The van der Waals surface area contributed by atoms with Crippen molar-refractivity contribution in [3.05, 3.63) is 59.1 Å². The van der Waals surface area contributed by atoms with Gasteiger partial charge in [-0.05, 0) is 55.3 Å². The highest BCUT2D eigenvalue weighted by Gasteiger charge is 2.30. The van der Waals surface area contributed by atoms with Gasteiger partial charge in [-0.3, -0.25) is 4.79 Å². The number of ketones is 1. The van der Waals surface area contributed by atoms with Crippen LogP contribution in [0.1, 0.15) is 23.2 Å². The first-order chi connectivity index (χ1) is 10.6. The van der Waals surface area contributed by atoms with Crippen molar-refractivity contribution in [1.82, 2.24) is 0 Å². The molecular weight excluding hydrogens is 300 g/mol. The Morgan fingerprint density at radius 2 is 1.64 bits per heavy atom. The summed E-state index contributed by atoms with van der Waals surface area (Å²) in [6.07, 6.45) is 1.97. The van der Waals surface area contributed by atoms with Gasteiger partial charge in [0.1, 0.15) is 0 Å². The number of benzene rings is 2. The van der Waals surface area contributed by atoms with E-state index in [2.05, 4.69) is 10.6 Å². The second kappa shape index (κ2) is 6.20. The molecule has 0 unspecified atom stereocenters. The summed E-state index contributed by atoms with van der Waals surface area (Å²) in [5.41, 5.74) is 1.95. The first-order valence-corrected chi connectivity index (χ1v) is 7.47. The molecule has 0 radical (unpaired) electrons. The lowest BCUT2D eigenvalue weighted by Gasteiger charge is -2.08. The summed E-state index contributed by atoms with van der Waals surface area (Å²) in [4.78, 5) is 23.8. The first kappa shape index (κ1) is 14.6. The van der Waals surface area contributed by atoms with Crippen LogP contribution in [0.25, 0.3) is 0 Å². The topological polar surface area (TPSA) is 58.2 Å². The molecule has 2 aromatic carbocycles. The Balaban J connectivity index is 1.60. The number of hydrogen-bond acceptors (Lipinski definition) is 2. The van der Waals surface area contributed by atoms with Crippen molar-refractivity contribution in [3.63, 3.8) is 0 Å². The fourth-order valence-corrected chi connectivity index (χ4v) is 2.35. The van der Waals surface area contributed by atoms with E-state index < -0.39 is 0 Å². The van der Waals surface area contributed by atoms with E-state index in [1.807, 2.05) is 0 Å². The van der Waals surface area contributed by atoms with Crippen LogP contribution >= 0.6 is 11.6 Å². The van der Waals surface area contributed by atoms with Gasteiger partial charge in [-0.25, -0.2) is 4.79 Å². The lowest BCUT2D eigenvalue weighted by Crippen LogP contribution is -2.19. The number of nitrogens with one attached hydrogen (secondary N) is 2. The molecular formula is C17H15ClN2O2. The van der Waals surface area contributed by atoms with E-state index in [0.29, 0.717) is 22.0 Å². The highest BCUT2D eigenvalue weighted by Crippen LogP contribution is 2.32. The molecule has 2 N–H and O–H groups in total. The zero-order valence-electron chi connectivity index (χ0n) is 11.8. The van der Waals surface area contributed by atoms with Crippen molar-refractivity contribution in [2.24, 2.45) is 5.92 Å². The number of Topliss-reactive ketones (excluding diaryl/α,β-unsaturated/α-hetero) is 1. The molecule has 2 aromatic rings. The molecule has 0 heterocycles. The molecule has 112 valence electrons. The number of urea groups is 1. The van der Waals surface area contributed by atoms with Crippen LogP contribution in [-0.2, 0) is 0 Å². The Hall–Kier alpha value is -2.33. The van der Waals surface area contributed by atoms with Crippen LogP contribution in [0.2, 0.25) is 5.02 Å². The van der Waals surface area contributed by atoms with Crippen molar-refractivity contribution in [2.45, 2.75) is 12.8 Å². The Labute approximate surface area is 133 Å². The molecule has 1 fully saturated rings. The average Bonchev–Trinajstić information content (AvgIpc) is 3.32. The molecule has 1 saturated carbocycles. The van der Waals surface area contributed by atoms with Crippen molar-refractivity contribution >= 4 is 34.8 Å². The molecule has 4 nitrogen and oxygen atoms in total. The maximum atomic E-state index is 11.9. The second-order valence-corrected chi connectivity index (χ2v) is 5.74. The summed E-state index contributed by atoms with van der Waals surface area (Å²) < 4.78 is 0. The van der Waals surface area contributed by atoms with Gasteiger partial charge >= 0.3 is 6.03 Å². The van der Waals surface area contributed by atoms with Crippen LogP contribution < -0.4 is 10.6 Å². The predicted molar refractivity (Wildman–Crippen MR) is 87.6 cm³/mol. The van der Waals surface area contributed by atoms with Gasteiger partial charge in [0, 0.05) is 27.9 Å². The number of amides is 2. The summed E-state index contributed by atoms with van der Waals surface area (Å²) >= 11 is 5.86. The molecule has 0 spiro atoms. The third kappa shape index (κ3) is 3.65. The second-order valence-electron chi connectivity index (χ2n) is 5.31. The lowest BCUT2D eigenvalue weighted by molar-refractivity contribution is 0.0967. The minimum absolute atomic E-state index is 0.190. The summed E-state index contributed by atoms with van der Waals surface area (Å²) in [5.74, 6) is 0.389. The van der Waals surface area contributed by atoms with Crippen LogP contribution in [0.4, 0.5) is 16.2 Å². The maximum Gasteiger partial charge on any atom is 0.323 e. The van der Waals surface area contributed by atoms with Gasteiger partial charge in [0.15, 0.2) is 5.78 Å². The van der Waals surface area contributed by atoms with E-state index in [9.17, 15) is 9.59 Å². The largest absolute Gasteiger partial charge is 0.323 e. The number of carbonyl (C=O) groups is 2. The molecule has 0 aromatic heterocycles. The third-order valence-corrected chi connectivity index (χ3v) is 3.69. The van der Waals surface area contributed by atoms with Crippen LogP contribution in [0.5, 0.6) is 0 Å². The van der Waals surface area contributed by atoms with Gasteiger partial charge in [-0.15, -0.1) is 0 Å². The van der Waals surface area contributed by atoms with Crippen molar-refractivity contribution in [2.75, 3.05) is 10.6 Å². The monoisotopic (exact) mass is 314 g/mol. The summed E-state index contributed by atoms with van der Waals surface area (Å²) in [5, 5.41) is 5.97. The van der Waals surface area contributed by atoms with Gasteiger partial charge in [-0.2, -0.15) is 0 Å². The van der Waals surface area contributed by atoms with Crippen LogP contribution in [0, 0.1) is 5.92 Å². The molecule has 0 bridgehead atoms. The van der Waals surface area contributed by atoms with Gasteiger partial charge in [0.25, 0.3) is 0 Å². The lowest BCUT2D eigenvalue weighted by atomic mass is 10.1. The Morgan fingerprint density at radius 3 is 2.27 bits per heavy atom. The molecule has 2 amide bonds. The van der Waals surface area contributed by atoms with Crippen molar-refractivity contribution < 1.29 is 9.59 Å². The SMILES string of the molecule is O=C(Nc1ccc(C(=O)C2CC2)cc1)Nc1cccc(Cl)c1. The van der Waals surface area contributed by atoms with Gasteiger partial charge in [0.2, 0.25) is 0 Å². The van der Waals surface area contributed by atoms with E-state index in [-0.39, 0.29) is 17.7 Å². The maximum absolute atomic E-state index is 11.9. The van der Waals surface area contributed by atoms with Gasteiger partial charge in [-0.1, -0.05) is 17.7 Å². The Kier molecular flexibility index (Phi) is 4.11. The minimum atomic E-state index is -0.358. The number of carbonyl (C=O) groups excluding carboxylic acids is 2. The number of anilines is 2.